The summed E-state index contributed by atoms with van der Waals surface area (Å²) in [5, 5.41) is 0.426. The van der Waals surface area contributed by atoms with Gasteiger partial charge in [0.2, 0.25) is 11.8 Å². The molecule has 1 heterocycles. The van der Waals surface area contributed by atoms with E-state index in [4.69, 9.17) is 21.1 Å². The Morgan fingerprint density at radius 2 is 1.76 bits per heavy atom. The summed E-state index contributed by atoms with van der Waals surface area (Å²) in [6.07, 6.45) is 5.51. The molecule has 0 N–H and O–H groups in total. The Balaban J connectivity index is 1.48. The van der Waals surface area contributed by atoms with Gasteiger partial charge in [-0.1, -0.05) is 41.9 Å². The zero-order valence-electron chi connectivity index (χ0n) is 19.3. The molecule has 6 nitrogen and oxygen atoms in total. The number of aryl methyl sites for hydroxylation is 1. The SMILES string of the molecule is CCOc1cc(/C=C/C(=O)N2CCN(C(=O)CCCc3ccccc3)CC2)cc(Cl)c1OC. The second-order valence-electron chi connectivity index (χ2n) is 7.85. The molecule has 1 aliphatic heterocycles. The van der Waals surface area contributed by atoms with Crippen molar-refractivity contribution >= 4 is 29.5 Å². The minimum Gasteiger partial charge on any atom is -0.491 e. The average molecular weight is 471 g/mol. The van der Waals surface area contributed by atoms with E-state index in [1.807, 2.05) is 30.0 Å². The number of benzene rings is 2. The summed E-state index contributed by atoms with van der Waals surface area (Å²) in [6.45, 7) is 4.54. The van der Waals surface area contributed by atoms with Crippen LogP contribution in [0, 0.1) is 0 Å². The summed E-state index contributed by atoms with van der Waals surface area (Å²) in [4.78, 5) is 28.8. The summed E-state index contributed by atoms with van der Waals surface area (Å²) in [7, 11) is 1.54. The van der Waals surface area contributed by atoms with Crippen LogP contribution >= 0.6 is 11.6 Å². The van der Waals surface area contributed by atoms with Crippen LogP contribution in [0.3, 0.4) is 0 Å². The third kappa shape index (κ3) is 6.99. The quantitative estimate of drug-likeness (QED) is 0.508. The molecule has 176 valence electrons. The minimum absolute atomic E-state index is 0.0870. The molecule has 0 spiro atoms. The van der Waals surface area contributed by atoms with E-state index >= 15 is 0 Å². The number of carbonyl (C=O) groups is 2. The molecule has 0 atom stereocenters. The van der Waals surface area contributed by atoms with Crippen molar-refractivity contribution in [3.05, 3.63) is 64.7 Å². The molecule has 0 bridgehead atoms. The molecule has 0 saturated carbocycles. The lowest BCUT2D eigenvalue weighted by Gasteiger charge is -2.34. The molecule has 0 radical (unpaired) electrons. The Bertz CT molecular complexity index is 970. The number of nitrogens with zero attached hydrogens (tertiary/aromatic N) is 2. The first-order valence-electron chi connectivity index (χ1n) is 11.3. The van der Waals surface area contributed by atoms with Crippen molar-refractivity contribution in [2.75, 3.05) is 39.9 Å². The normalized spacial score (nSPS) is 13.9. The largest absolute Gasteiger partial charge is 0.491 e. The molecule has 0 aliphatic carbocycles. The maximum absolute atomic E-state index is 12.6. The van der Waals surface area contributed by atoms with Gasteiger partial charge in [-0.15, -0.1) is 0 Å². The third-order valence-corrected chi connectivity index (χ3v) is 5.88. The van der Waals surface area contributed by atoms with Crippen molar-refractivity contribution in [2.45, 2.75) is 26.2 Å². The van der Waals surface area contributed by atoms with E-state index in [1.165, 1.54) is 18.7 Å². The highest BCUT2D eigenvalue weighted by molar-refractivity contribution is 6.32. The first-order chi connectivity index (χ1) is 16.0. The first-order valence-corrected chi connectivity index (χ1v) is 11.7. The third-order valence-electron chi connectivity index (χ3n) is 5.60. The van der Waals surface area contributed by atoms with Crippen molar-refractivity contribution < 1.29 is 19.1 Å². The molecule has 0 aromatic heterocycles. The van der Waals surface area contributed by atoms with Crippen LogP contribution in [0.5, 0.6) is 11.5 Å². The lowest BCUT2D eigenvalue weighted by Crippen LogP contribution is -2.50. The van der Waals surface area contributed by atoms with Gasteiger partial charge in [-0.05, 0) is 49.1 Å². The number of hydrogen-bond donors (Lipinski definition) is 0. The predicted octanol–water partition coefficient (Wildman–Crippen LogP) is 4.45. The number of hydrogen-bond acceptors (Lipinski definition) is 4. The Morgan fingerprint density at radius 1 is 1.06 bits per heavy atom. The van der Waals surface area contributed by atoms with Crippen LogP contribution in [0.25, 0.3) is 6.08 Å². The number of methoxy groups -OCH3 is 1. The van der Waals surface area contributed by atoms with Crippen molar-refractivity contribution in [3.8, 4) is 11.5 Å². The smallest absolute Gasteiger partial charge is 0.246 e. The summed E-state index contributed by atoms with van der Waals surface area (Å²) >= 11 is 6.28. The number of amides is 2. The van der Waals surface area contributed by atoms with Gasteiger partial charge in [0.25, 0.3) is 0 Å². The fraction of sp³-hybridized carbons (Fsp3) is 0.385. The van der Waals surface area contributed by atoms with Crippen molar-refractivity contribution in [3.63, 3.8) is 0 Å². The Morgan fingerprint density at radius 3 is 2.42 bits per heavy atom. The van der Waals surface area contributed by atoms with E-state index in [0.717, 1.165) is 18.4 Å². The fourth-order valence-electron chi connectivity index (χ4n) is 3.84. The Hall–Kier alpha value is -2.99. The van der Waals surface area contributed by atoms with E-state index in [1.54, 1.807) is 23.1 Å². The lowest BCUT2D eigenvalue weighted by molar-refractivity contribution is -0.137. The van der Waals surface area contributed by atoms with Gasteiger partial charge in [0.15, 0.2) is 11.5 Å². The Kier molecular flexibility index (Phi) is 9.19. The van der Waals surface area contributed by atoms with E-state index < -0.39 is 0 Å². The predicted molar refractivity (Wildman–Crippen MR) is 131 cm³/mol. The van der Waals surface area contributed by atoms with Crippen LogP contribution in [-0.2, 0) is 16.0 Å². The van der Waals surface area contributed by atoms with E-state index in [9.17, 15) is 9.59 Å². The molecule has 2 amide bonds. The fourth-order valence-corrected chi connectivity index (χ4v) is 4.14. The average Bonchev–Trinajstić information content (AvgIpc) is 2.83. The van der Waals surface area contributed by atoms with Gasteiger partial charge in [0.1, 0.15) is 0 Å². The monoisotopic (exact) mass is 470 g/mol. The Labute approximate surface area is 200 Å². The highest BCUT2D eigenvalue weighted by atomic mass is 35.5. The topological polar surface area (TPSA) is 59.1 Å². The van der Waals surface area contributed by atoms with Crippen LogP contribution in [-0.4, -0.2) is 61.5 Å². The second-order valence-corrected chi connectivity index (χ2v) is 8.25. The molecule has 1 aliphatic rings. The number of rotatable bonds is 9. The van der Waals surface area contributed by atoms with Gasteiger partial charge in [-0.3, -0.25) is 9.59 Å². The van der Waals surface area contributed by atoms with Crippen LogP contribution in [0.15, 0.2) is 48.5 Å². The number of halogens is 1. The zero-order chi connectivity index (χ0) is 23.6. The zero-order valence-corrected chi connectivity index (χ0v) is 20.0. The second kappa shape index (κ2) is 12.3. The standard InChI is InChI=1S/C26H31ClN2O4/c1-3-33-23-19-21(18-22(27)26(23)32-2)12-13-25(31)29-16-14-28(15-17-29)24(30)11-7-10-20-8-5-4-6-9-20/h4-6,8-9,12-13,18-19H,3,7,10-11,14-17H2,1-2H3/b13-12+. The summed E-state index contributed by atoms with van der Waals surface area (Å²) in [5.74, 6) is 1.09. The molecule has 3 rings (SSSR count). The van der Waals surface area contributed by atoms with Gasteiger partial charge in [-0.25, -0.2) is 0 Å². The number of carbonyl (C=O) groups excluding carboxylic acids is 2. The van der Waals surface area contributed by atoms with Crippen LogP contribution in [0.1, 0.15) is 30.9 Å². The van der Waals surface area contributed by atoms with Gasteiger partial charge in [-0.2, -0.15) is 0 Å². The maximum Gasteiger partial charge on any atom is 0.246 e. The van der Waals surface area contributed by atoms with Gasteiger partial charge < -0.3 is 19.3 Å². The van der Waals surface area contributed by atoms with Crippen LogP contribution in [0.4, 0.5) is 0 Å². The molecule has 7 heteroatoms. The van der Waals surface area contributed by atoms with E-state index in [0.29, 0.717) is 55.7 Å². The van der Waals surface area contributed by atoms with Crippen molar-refractivity contribution in [1.82, 2.24) is 9.80 Å². The molecule has 1 fully saturated rings. The molecule has 1 saturated heterocycles. The van der Waals surface area contributed by atoms with E-state index in [2.05, 4.69) is 12.1 Å². The first kappa shape index (κ1) is 24.6. The number of ether oxygens (including phenoxy) is 2. The summed E-state index contributed by atoms with van der Waals surface area (Å²) < 4.78 is 10.9. The highest BCUT2D eigenvalue weighted by Crippen LogP contribution is 2.36. The minimum atomic E-state index is -0.0870. The number of piperazine rings is 1. The van der Waals surface area contributed by atoms with Crippen LogP contribution < -0.4 is 9.47 Å². The summed E-state index contributed by atoms with van der Waals surface area (Å²) in [6, 6.07) is 13.7. The van der Waals surface area contributed by atoms with Crippen molar-refractivity contribution in [1.29, 1.82) is 0 Å². The molecular weight excluding hydrogens is 440 g/mol. The molecule has 2 aromatic rings. The van der Waals surface area contributed by atoms with Gasteiger partial charge in [0, 0.05) is 38.7 Å². The van der Waals surface area contributed by atoms with E-state index in [-0.39, 0.29) is 11.8 Å². The molecule has 2 aromatic carbocycles. The van der Waals surface area contributed by atoms with Crippen molar-refractivity contribution in [2.24, 2.45) is 0 Å². The molecule has 0 unspecified atom stereocenters. The maximum atomic E-state index is 12.6. The molecular formula is C26H31ClN2O4. The van der Waals surface area contributed by atoms with Crippen LogP contribution in [0.2, 0.25) is 5.02 Å². The summed E-state index contributed by atoms with van der Waals surface area (Å²) in [5.41, 5.74) is 2.00. The highest BCUT2D eigenvalue weighted by Gasteiger charge is 2.22. The van der Waals surface area contributed by atoms with Gasteiger partial charge in [0.05, 0.1) is 18.7 Å². The molecule has 33 heavy (non-hydrogen) atoms. The van der Waals surface area contributed by atoms with Gasteiger partial charge >= 0.3 is 0 Å². The lowest BCUT2D eigenvalue weighted by atomic mass is 10.1.